The van der Waals surface area contributed by atoms with Gasteiger partial charge >= 0.3 is 0 Å². The first-order chi connectivity index (χ1) is 11.8. The number of fused-ring (bicyclic) bond motifs is 1. The molecule has 0 spiro atoms. The topological polar surface area (TPSA) is 118 Å². The van der Waals surface area contributed by atoms with Crippen molar-refractivity contribution in [2.45, 2.75) is 6.54 Å². The van der Waals surface area contributed by atoms with Crippen LogP contribution in [0.3, 0.4) is 0 Å². The van der Waals surface area contributed by atoms with E-state index in [2.05, 4.69) is 35.7 Å². The zero-order valence-corrected chi connectivity index (χ0v) is 12.6. The number of nitrogens with zero attached hydrogens (tertiary/aromatic N) is 5. The van der Waals surface area contributed by atoms with Crippen molar-refractivity contribution in [3.05, 3.63) is 54.5 Å². The van der Waals surface area contributed by atoms with E-state index in [1.54, 1.807) is 18.6 Å². The van der Waals surface area contributed by atoms with Crippen molar-refractivity contribution >= 4 is 22.7 Å². The Kier molecular flexibility index (Phi) is 3.47. The molecule has 4 N–H and O–H groups in total. The van der Waals surface area contributed by atoms with Crippen LogP contribution in [0.1, 0.15) is 5.56 Å². The molecule has 0 saturated carbocycles. The number of nitrogens with one attached hydrogen (secondary N) is 2. The van der Waals surface area contributed by atoms with Crippen molar-refractivity contribution in [3.8, 4) is 11.3 Å². The molecule has 0 aliphatic heterocycles. The number of benzene rings is 1. The highest BCUT2D eigenvalue weighted by Crippen LogP contribution is 2.26. The van der Waals surface area contributed by atoms with E-state index in [4.69, 9.17) is 5.73 Å². The van der Waals surface area contributed by atoms with Gasteiger partial charge in [-0.1, -0.05) is 6.07 Å². The fourth-order valence-corrected chi connectivity index (χ4v) is 2.47. The summed E-state index contributed by atoms with van der Waals surface area (Å²) in [4.78, 5) is 8.64. The van der Waals surface area contributed by atoms with E-state index in [0.717, 1.165) is 27.7 Å². The predicted molar refractivity (Wildman–Crippen MR) is 90.9 cm³/mol. The van der Waals surface area contributed by atoms with E-state index in [1.807, 2.05) is 30.3 Å². The number of hydrogen-bond donors (Lipinski definition) is 3. The van der Waals surface area contributed by atoms with Crippen molar-refractivity contribution < 1.29 is 0 Å². The Morgan fingerprint density at radius 3 is 2.79 bits per heavy atom. The summed E-state index contributed by atoms with van der Waals surface area (Å²) in [7, 11) is 0. The number of hydrogen-bond acceptors (Lipinski definition) is 7. The molecule has 1 aromatic carbocycles. The molecular formula is C16H14N8. The van der Waals surface area contributed by atoms with Crippen LogP contribution in [0.2, 0.25) is 0 Å². The first-order valence-electron chi connectivity index (χ1n) is 7.36. The van der Waals surface area contributed by atoms with Gasteiger partial charge in [0, 0.05) is 29.9 Å². The molecule has 0 aliphatic carbocycles. The SMILES string of the molecule is Nc1nc(NCc2ccnnc2)c2ccc(-c3ccn[nH]3)cc2n1. The van der Waals surface area contributed by atoms with E-state index in [9.17, 15) is 0 Å². The number of aromatic amines is 1. The maximum absolute atomic E-state index is 5.86. The van der Waals surface area contributed by atoms with Crippen LogP contribution in [0.4, 0.5) is 11.8 Å². The number of nitrogens with two attached hydrogens (primary N) is 1. The highest BCUT2D eigenvalue weighted by atomic mass is 15.1. The molecule has 0 atom stereocenters. The first-order valence-corrected chi connectivity index (χ1v) is 7.36. The predicted octanol–water partition coefficient (Wildman–Crippen LogP) is 2.00. The van der Waals surface area contributed by atoms with Gasteiger partial charge in [0.15, 0.2) is 0 Å². The molecule has 4 rings (SSSR count). The van der Waals surface area contributed by atoms with Crippen molar-refractivity contribution in [1.82, 2.24) is 30.4 Å². The molecule has 24 heavy (non-hydrogen) atoms. The molecule has 118 valence electrons. The van der Waals surface area contributed by atoms with E-state index < -0.39 is 0 Å². The van der Waals surface area contributed by atoms with Gasteiger partial charge in [0.2, 0.25) is 5.95 Å². The van der Waals surface area contributed by atoms with Crippen LogP contribution < -0.4 is 11.1 Å². The van der Waals surface area contributed by atoms with Crippen LogP contribution in [0, 0.1) is 0 Å². The Bertz CT molecular complexity index is 966. The second-order valence-corrected chi connectivity index (χ2v) is 5.24. The Morgan fingerprint density at radius 1 is 1.04 bits per heavy atom. The summed E-state index contributed by atoms with van der Waals surface area (Å²) < 4.78 is 0. The third-order valence-corrected chi connectivity index (χ3v) is 3.63. The third-order valence-electron chi connectivity index (χ3n) is 3.63. The van der Waals surface area contributed by atoms with Crippen molar-refractivity contribution in [1.29, 1.82) is 0 Å². The van der Waals surface area contributed by atoms with Gasteiger partial charge in [-0.3, -0.25) is 5.10 Å². The van der Waals surface area contributed by atoms with Crippen LogP contribution >= 0.6 is 0 Å². The fourth-order valence-electron chi connectivity index (χ4n) is 2.47. The number of aromatic nitrogens is 6. The van der Waals surface area contributed by atoms with E-state index in [-0.39, 0.29) is 5.95 Å². The minimum Gasteiger partial charge on any atom is -0.368 e. The van der Waals surface area contributed by atoms with Crippen molar-refractivity contribution in [3.63, 3.8) is 0 Å². The average Bonchev–Trinajstić information content (AvgIpc) is 3.14. The summed E-state index contributed by atoms with van der Waals surface area (Å²) in [6.45, 7) is 0.573. The summed E-state index contributed by atoms with van der Waals surface area (Å²) in [6.07, 6.45) is 5.07. The molecule has 0 aliphatic rings. The Morgan fingerprint density at radius 2 is 2.00 bits per heavy atom. The maximum atomic E-state index is 5.86. The molecule has 0 unspecified atom stereocenters. The van der Waals surface area contributed by atoms with Crippen LogP contribution in [0.15, 0.2) is 48.9 Å². The number of anilines is 2. The number of nitrogen functional groups attached to an aromatic ring is 1. The van der Waals surface area contributed by atoms with Crippen molar-refractivity contribution in [2.24, 2.45) is 0 Å². The second kappa shape index (κ2) is 5.92. The molecule has 8 nitrogen and oxygen atoms in total. The lowest BCUT2D eigenvalue weighted by atomic mass is 10.1. The zero-order valence-electron chi connectivity index (χ0n) is 12.6. The quantitative estimate of drug-likeness (QED) is 0.526. The lowest BCUT2D eigenvalue weighted by Crippen LogP contribution is -2.06. The molecule has 0 amide bonds. The molecule has 0 radical (unpaired) electrons. The summed E-state index contributed by atoms with van der Waals surface area (Å²) in [5.74, 6) is 0.907. The summed E-state index contributed by atoms with van der Waals surface area (Å²) in [5, 5.41) is 18.7. The standard InChI is InChI=1S/C16H14N8/c17-16-22-14-7-11(13-4-6-20-24-13)1-2-12(14)15(23-16)18-8-10-3-5-19-21-9-10/h1-7,9H,8H2,(H,20,24)(H3,17,18,22,23). The fraction of sp³-hybridized carbons (Fsp3) is 0.0625. The third kappa shape index (κ3) is 2.72. The van der Waals surface area contributed by atoms with Gasteiger partial charge in [-0.15, -0.1) is 0 Å². The van der Waals surface area contributed by atoms with Crippen LogP contribution in [0.5, 0.6) is 0 Å². The van der Waals surface area contributed by atoms with E-state index in [0.29, 0.717) is 12.4 Å². The average molecular weight is 318 g/mol. The summed E-state index contributed by atoms with van der Waals surface area (Å²) in [5.41, 5.74) is 9.54. The van der Waals surface area contributed by atoms with E-state index >= 15 is 0 Å². The molecular weight excluding hydrogens is 304 g/mol. The van der Waals surface area contributed by atoms with Crippen LogP contribution in [-0.4, -0.2) is 30.4 Å². The van der Waals surface area contributed by atoms with Gasteiger partial charge in [-0.25, -0.2) is 4.98 Å². The highest BCUT2D eigenvalue weighted by Gasteiger charge is 2.08. The van der Waals surface area contributed by atoms with Gasteiger partial charge in [0.25, 0.3) is 0 Å². The number of rotatable bonds is 4. The summed E-state index contributed by atoms with van der Waals surface area (Å²) >= 11 is 0. The van der Waals surface area contributed by atoms with Crippen LogP contribution in [0.25, 0.3) is 22.2 Å². The van der Waals surface area contributed by atoms with Gasteiger partial charge in [0.05, 0.1) is 17.4 Å². The first kappa shape index (κ1) is 14.1. The molecule has 0 bridgehead atoms. The minimum atomic E-state index is 0.222. The second-order valence-electron chi connectivity index (χ2n) is 5.24. The Labute approximate surface area is 137 Å². The van der Waals surface area contributed by atoms with Gasteiger partial charge in [-0.05, 0) is 29.8 Å². The Hall–Kier alpha value is -3.55. The van der Waals surface area contributed by atoms with E-state index in [1.165, 1.54) is 0 Å². The molecule has 3 heterocycles. The lowest BCUT2D eigenvalue weighted by molar-refractivity contribution is 0.983. The number of H-pyrrole nitrogens is 1. The highest BCUT2D eigenvalue weighted by molar-refractivity contribution is 5.92. The largest absolute Gasteiger partial charge is 0.368 e. The summed E-state index contributed by atoms with van der Waals surface area (Å²) in [6, 6.07) is 9.72. The lowest BCUT2D eigenvalue weighted by Gasteiger charge is -2.10. The van der Waals surface area contributed by atoms with Gasteiger partial charge in [-0.2, -0.15) is 20.3 Å². The molecule has 3 aromatic heterocycles. The minimum absolute atomic E-state index is 0.222. The molecule has 0 saturated heterocycles. The van der Waals surface area contributed by atoms with Gasteiger partial charge in [0.1, 0.15) is 5.82 Å². The Balaban J connectivity index is 1.70. The molecule has 8 heteroatoms. The normalized spacial score (nSPS) is 10.8. The van der Waals surface area contributed by atoms with Gasteiger partial charge < -0.3 is 11.1 Å². The van der Waals surface area contributed by atoms with Crippen molar-refractivity contribution in [2.75, 3.05) is 11.1 Å². The smallest absolute Gasteiger partial charge is 0.222 e. The molecule has 0 fully saturated rings. The monoisotopic (exact) mass is 318 g/mol. The zero-order chi connectivity index (χ0) is 16.4. The van der Waals surface area contributed by atoms with Crippen LogP contribution in [-0.2, 0) is 6.54 Å². The molecule has 4 aromatic rings. The maximum Gasteiger partial charge on any atom is 0.222 e.